The number of halogens is 1. The van der Waals surface area contributed by atoms with Crippen molar-refractivity contribution < 1.29 is 28.1 Å². The van der Waals surface area contributed by atoms with Crippen molar-refractivity contribution in [1.29, 1.82) is 5.26 Å². The van der Waals surface area contributed by atoms with Crippen molar-refractivity contribution in [1.82, 2.24) is 0 Å². The highest BCUT2D eigenvalue weighted by Crippen LogP contribution is 2.43. The van der Waals surface area contributed by atoms with E-state index in [1.807, 2.05) is 19.1 Å². The van der Waals surface area contributed by atoms with Crippen LogP contribution in [0.1, 0.15) is 39.9 Å². The fourth-order valence-corrected chi connectivity index (χ4v) is 4.37. The van der Waals surface area contributed by atoms with Crippen LogP contribution in [-0.4, -0.2) is 12.6 Å². The first-order chi connectivity index (χ1) is 19.4. The third kappa shape index (κ3) is 5.74. The van der Waals surface area contributed by atoms with Gasteiger partial charge in [0.05, 0.1) is 18.1 Å². The molecule has 0 saturated heterocycles. The molecule has 5 rings (SSSR count). The van der Waals surface area contributed by atoms with Crippen molar-refractivity contribution in [3.05, 3.63) is 131 Å². The molecule has 1 aliphatic rings. The second-order valence-corrected chi connectivity index (χ2v) is 8.96. The largest absolute Gasteiger partial charge is 0.494 e. The zero-order chi connectivity index (χ0) is 28.1. The highest BCUT2D eigenvalue weighted by atomic mass is 19.1. The van der Waals surface area contributed by atoms with E-state index in [9.17, 15) is 14.4 Å². The maximum atomic E-state index is 13.1. The van der Waals surface area contributed by atoms with E-state index in [-0.39, 0.29) is 29.6 Å². The summed E-state index contributed by atoms with van der Waals surface area (Å²) in [5.41, 5.74) is 9.11. The minimum atomic E-state index is -0.534. The van der Waals surface area contributed by atoms with Crippen LogP contribution in [0.5, 0.6) is 23.0 Å². The summed E-state index contributed by atoms with van der Waals surface area (Å²) >= 11 is 0. The van der Waals surface area contributed by atoms with Gasteiger partial charge in [-0.3, -0.25) is 0 Å². The van der Waals surface area contributed by atoms with E-state index in [0.717, 1.165) is 11.1 Å². The Hall–Kier alpha value is -5.29. The fourth-order valence-electron chi connectivity index (χ4n) is 4.37. The predicted octanol–water partition coefficient (Wildman–Crippen LogP) is 6.24. The number of allylic oxidation sites excluding steroid dienone is 1. The molecule has 2 N–H and O–H groups in total. The van der Waals surface area contributed by atoms with Crippen LogP contribution in [0.2, 0.25) is 0 Å². The third-order valence-corrected chi connectivity index (χ3v) is 6.33. The second kappa shape index (κ2) is 11.6. The number of carbonyl (C=O) groups excluding carboxylic acids is 1. The van der Waals surface area contributed by atoms with Crippen LogP contribution in [0.15, 0.2) is 102 Å². The highest BCUT2D eigenvalue weighted by Gasteiger charge is 2.31. The number of nitrogens with zero attached hydrogens (tertiary/aromatic N) is 1. The number of hydrogen-bond acceptors (Lipinski definition) is 7. The zero-order valence-electron chi connectivity index (χ0n) is 21.6. The molecule has 4 aromatic rings. The molecule has 40 heavy (non-hydrogen) atoms. The van der Waals surface area contributed by atoms with Crippen LogP contribution in [0.25, 0.3) is 0 Å². The minimum absolute atomic E-state index is 0.0216. The zero-order valence-corrected chi connectivity index (χ0v) is 21.6. The number of nitrogens with two attached hydrogens (primary N) is 1. The van der Waals surface area contributed by atoms with E-state index < -0.39 is 11.9 Å². The normalized spacial score (nSPS) is 14.0. The number of benzene rings is 4. The van der Waals surface area contributed by atoms with Gasteiger partial charge in [-0.25, -0.2) is 9.18 Å². The van der Waals surface area contributed by atoms with Gasteiger partial charge in [-0.1, -0.05) is 30.3 Å². The molecular weight excluding hydrogens is 511 g/mol. The number of nitriles is 1. The van der Waals surface area contributed by atoms with Gasteiger partial charge in [0.2, 0.25) is 5.88 Å². The summed E-state index contributed by atoms with van der Waals surface area (Å²) in [7, 11) is 0. The molecule has 1 heterocycles. The van der Waals surface area contributed by atoms with Crippen molar-refractivity contribution in [3.63, 3.8) is 0 Å². The molecule has 0 aliphatic carbocycles. The number of carbonyl (C=O) groups is 1. The lowest BCUT2D eigenvalue weighted by Gasteiger charge is -2.26. The minimum Gasteiger partial charge on any atom is -0.494 e. The Kier molecular flexibility index (Phi) is 7.65. The van der Waals surface area contributed by atoms with Crippen LogP contribution in [0, 0.1) is 17.1 Å². The van der Waals surface area contributed by atoms with Gasteiger partial charge in [-0.05, 0) is 72.6 Å². The van der Waals surface area contributed by atoms with Crippen LogP contribution in [-0.2, 0) is 6.61 Å². The maximum absolute atomic E-state index is 13.1. The van der Waals surface area contributed by atoms with E-state index in [4.69, 9.17) is 24.7 Å². The SMILES string of the molecule is CCOc1ccc(C(=O)Oc2ccc3c(c2)OC(N)=C(C#N)C3c2ccc(OCc3ccc(F)cc3)cc2)cc1. The third-order valence-electron chi connectivity index (χ3n) is 6.33. The average Bonchev–Trinajstić information content (AvgIpc) is 2.97. The Morgan fingerprint density at radius 3 is 2.25 bits per heavy atom. The van der Waals surface area contributed by atoms with Crippen molar-refractivity contribution in [2.24, 2.45) is 5.73 Å². The van der Waals surface area contributed by atoms with Gasteiger partial charge in [0, 0.05) is 11.6 Å². The Morgan fingerprint density at radius 2 is 1.57 bits per heavy atom. The molecular formula is C32H25FN2O5. The summed E-state index contributed by atoms with van der Waals surface area (Å²) in [4.78, 5) is 12.7. The molecule has 0 fully saturated rings. The fraction of sp³-hybridized carbons (Fsp3) is 0.125. The summed E-state index contributed by atoms with van der Waals surface area (Å²) in [5, 5.41) is 9.86. The van der Waals surface area contributed by atoms with Gasteiger partial charge in [0.25, 0.3) is 0 Å². The number of fused-ring (bicyclic) bond motifs is 1. The molecule has 0 bridgehead atoms. The first-order valence-corrected chi connectivity index (χ1v) is 12.6. The standard InChI is InChI=1S/C32H25FN2O5/c1-2-37-24-13-7-22(8-14-24)32(36)39-26-15-16-27-29(17-26)40-31(35)28(18-34)30(27)21-5-11-25(12-6-21)38-19-20-3-9-23(33)10-4-20/h3-17,30H,2,19,35H2,1H3. The number of hydrogen-bond donors (Lipinski definition) is 1. The Bertz CT molecular complexity index is 1590. The van der Waals surface area contributed by atoms with Gasteiger partial charge >= 0.3 is 5.97 Å². The van der Waals surface area contributed by atoms with E-state index in [1.54, 1.807) is 66.7 Å². The maximum Gasteiger partial charge on any atom is 0.343 e. The summed E-state index contributed by atoms with van der Waals surface area (Å²) in [5.74, 6) is 0.588. The molecule has 0 spiro atoms. The van der Waals surface area contributed by atoms with E-state index >= 15 is 0 Å². The van der Waals surface area contributed by atoms with Crippen molar-refractivity contribution in [3.8, 4) is 29.1 Å². The van der Waals surface area contributed by atoms with E-state index in [0.29, 0.717) is 35.0 Å². The van der Waals surface area contributed by atoms with Gasteiger partial charge in [-0.2, -0.15) is 5.26 Å². The predicted molar refractivity (Wildman–Crippen MR) is 145 cm³/mol. The quantitative estimate of drug-likeness (QED) is 0.210. The molecule has 1 aliphatic heterocycles. The molecule has 200 valence electrons. The van der Waals surface area contributed by atoms with E-state index in [1.165, 1.54) is 12.1 Å². The van der Waals surface area contributed by atoms with Crippen molar-refractivity contribution in [2.45, 2.75) is 19.4 Å². The monoisotopic (exact) mass is 536 g/mol. The Labute approximate surface area is 230 Å². The molecule has 0 radical (unpaired) electrons. The van der Waals surface area contributed by atoms with Crippen LogP contribution < -0.4 is 24.7 Å². The van der Waals surface area contributed by atoms with Crippen LogP contribution >= 0.6 is 0 Å². The highest BCUT2D eigenvalue weighted by molar-refractivity contribution is 5.91. The van der Waals surface area contributed by atoms with Gasteiger partial charge in [0.15, 0.2) is 0 Å². The Balaban J connectivity index is 1.34. The molecule has 1 unspecified atom stereocenters. The van der Waals surface area contributed by atoms with Gasteiger partial charge in [-0.15, -0.1) is 0 Å². The second-order valence-electron chi connectivity index (χ2n) is 8.96. The molecule has 7 nitrogen and oxygen atoms in total. The first kappa shape index (κ1) is 26.3. The number of esters is 1. The Morgan fingerprint density at radius 1 is 0.925 bits per heavy atom. The smallest absolute Gasteiger partial charge is 0.343 e. The van der Waals surface area contributed by atoms with Crippen molar-refractivity contribution in [2.75, 3.05) is 6.61 Å². The summed E-state index contributed by atoms with van der Waals surface area (Å²) in [6.45, 7) is 2.70. The number of rotatable bonds is 8. The molecule has 4 aromatic carbocycles. The summed E-state index contributed by atoms with van der Waals surface area (Å²) < 4.78 is 35.7. The molecule has 0 amide bonds. The van der Waals surface area contributed by atoms with Crippen LogP contribution in [0.3, 0.4) is 0 Å². The average molecular weight is 537 g/mol. The lowest BCUT2D eigenvalue weighted by atomic mass is 9.83. The number of ether oxygens (including phenoxy) is 4. The topological polar surface area (TPSA) is 104 Å². The van der Waals surface area contributed by atoms with Gasteiger partial charge in [0.1, 0.15) is 47.1 Å². The summed E-state index contributed by atoms with van der Waals surface area (Å²) in [6, 6.07) is 27.2. The molecule has 0 aromatic heterocycles. The summed E-state index contributed by atoms with van der Waals surface area (Å²) in [6.07, 6.45) is 0. The van der Waals surface area contributed by atoms with E-state index in [2.05, 4.69) is 6.07 Å². The lowest BCUT2D eigenvalue weighted by Crippen LogP contribution is -2.21. The van der Waals surface area contributed by atoms with Crippen molar-refractivity contribution >= 4 is 5.97 Å². The molecule has 1 atom stereocenters. The molecule has 8 heteroatoms. The first-order valence-electron chi connectivity index (χ1n) is 12.6. The van der Waals surface area contributed by atoms with Crippen LogP contribution in [0.4, 0.5) is 4.39 Å². The molecule has 0 saturated carbocycles. The van der Waals surface area contributed by atoms with Gasteiger partial charge < -0.3 is 24.7 Å². The lowest BCUT2D eigenvalue weighted by molar-refractivity contribution is 0.0734.